The quantitative estimate of drug-likeness (QED) is 0.259. The Kier molecular flexibility index (Phi) is 10.6. The van der Waals surface area contributed by atoms with Gasteiger partial charge in [0.1, 0.15) is 0 Å². The maximum atomic E-state index is 11.8. The molecule has 0 aliphatic carbocycles. The maximum absolute atomic E-state index is 11.8. The van der Waals surface area contributed by atoms with E-state index in [2.05, 4.69) is 40.1 Å². The second-order valence-electron chi connectivity index (χ2n) is 6.16. The van der Waals surface area contributed by atoms with E-state index in [0.29, 0.717) is 5.92 Å². The molecule has 0 saturated heterocycles. The number of aryl methyl sites for hydroxylation is 1. The zero-order chi connectivity index (χ0) is 18.1. The molecule has 0 amide bonds. The molecular weight excluding hydrogens is 459 g/mol. The highest BCUT2D eigenvalue weighted by atomic mass is 127. The van der Waals surface area contributed by atoms with Crippen molar-refractivity contribution in [3.8, 4) is 0 Å². The van der Waals surface area contributed by atoms with Crippen LogP contribution in [-0.2, 0) is 6.54 Å². The van der Waals surface area contributed by atoms with Gasteiger partial charge in [0.2, 0.25) is 0 Å². The van der Waals surface area contributed by atoms with Crippen molar-refractivity contribution in [1.29, 1.82) is 0 Å². The van der Waals surface area contributed by atoms with Gasteiger partial charge in [-0.25, -0.2) is 0 Å². The molecule has 0 aromatic carbocycles. The van der Waals surface area contributed by atoms with Crippen LogP contribution in [0.25, 0.3) is 0 Å². The molecule has 0 saturated carbocycles. The predicted molar refractivity (Wildman–Crippen MR) is 122 cm³/mol. The molecule has 0 aliphatic rings. The third kappa shape index (κ3) is 7.11. The van der Waals surface area contributed by atoms with Crippen molar-refractivity contribution in [3.63, 3.8) is 0 Å². The summed E-state index contributed by atoms with van der Waals surface area (Å²) in [7, 11) is 1.79. The molecule has 0 radical (unpaired) electrons. The highest BCUT2D eigenvalue weighted by molar-refractivity contribution is 14.0. The third-order valence-electron chi connectivity index (χ3n) is 4.20. The van der Waals surface area contributed by atoms with Gasteiger partial charge < -0.3 is 15.2 Å². The number of hydrogen-bond donors (Lipinski definition) is 2. The van der Waals surface area contributed by atoms with Crippen molar-refractivity contribution in [3.05, 3.63) is 56.6 Å². The Morgan fingerprint density at radius 3 is 2.69 bits per heavy atom. The summed E-state index contributed by atoms with van der Waals surface area (Å²) in [6.07, 6.45) is 1.95. The molecule has 26 heavy (non-hydrogen) atoms. The van der Waals surface area contributed by atoms with Crippen molar-refractivity contribution < 1.29 is 0 Å². The molecule has 2 aromatic heterocycles. The largest absolute Gasteiger partial charge is 0.356 e. The highest BCUT2D eigenvalue weighted by Crippen LogP contribution is 2.19. The van der Waals surface area contributed by atoms with Gasteiger partial charge in [-0.1, -0.05) is 19.1 Å². The number of guanidine groups is 1. The van der Waals surface area contributed by atoms with E-state index in [0.717, 1.165) is 44.1 Å². The van der Waals surface area contributed by atoms with Crippen LogP contribution in [0.5, 0.6) is 0 Å². The Labute approximate surface area is 177 Å². The Hall–Kier alpha value is -1.35. The fraction of sp³-hybridized carbons (Fsp3) is 0.474. The Morgan fingerprint density at radius 2 is 2.04 bits per heavy atom. The van der Waals surface area contributed by atoms with Gasteiger partial charge in [-0.05, 0) is 37.3 Å². The molecule has 0 bridgehead atoms. The maximum Gasteiger partial charge on any atom is 0.250 e. The third-order valence-corrected chi connectivity index (χ3v) is 5.30. The normalized spacial score (nSPS) is 12.3. The fourth-order valence-corrected chi connectivity index (χ4v) is 3.44. The fourth-order valence-electron chi connectivity index (χ4n) is 2.65. The molecule has 7 heteroatoms. The predicted octanol–water partition coefficient (Wildman–Crippen LogP) is 3.59. The van der Waals surface area contributed by atoms with Crippen molar-refractivity contribution in [2.75, 3.05) is 20.1 Å². The first-order chi connectivity index (χ1) is 12.1. The molecule has 0 aliphatic heterocycles. The summed E-state index contributed by atoms with van der Waals surface area (Å²) in [6.45, 7) is 6.65. The second kappa shape index (κ2) is 12.1. The molecule has 1 atom stereocenters. The lowest BCUT2D eigenvalue weighted by atomic mass is 10.1. The van der Waals surface area contributed by atoms with Crippen LogP contribution in [0.2, 0.25) is 0 Å². The van der Waals surface area contributed by atoms with Crippen LogP contribution in [-0.4, -0.2) is 30.7 Å². The van der Waals surface area contributed by atoms with Gasteiger partial charge in [-0.15, -0.1) is 35.3 Å². The van der Waals surface area contributed by atoms with E-state index in [1.165, 1.54) is 4.88 Å². The summed E-state index contributed by atoms with van der Waals surface area (Å²) in [6, 6.07) is 9.65. The number of unbranched alkanes of at least 4 members (excludes halogenated alkanes) is 1. The number of hydrogen-bond acceptors (Lipinski definition) is 3. The van der Waals surface area contributed by atoms with Crippen LogP contribution in [0, 0.1) is 6.92 Å². The van der Waals surface area contributed by atoms with Gasteiger partial charge in [-0.2, -0.15) is 0 Å². The van der Waals surface area contributed by atoms with E-state index >= 15 is 0 Å². The van der Waals surface area contributed by atoms with Crippen LogP contribution in [0.1, 0.15) is 36.3 Å². The van der Waals surface area contributed by atoms with E-state index in [4.69, 9.17) is 0 Å². The summed E-state index contributed by atoms with van der Waals surface area (Å²) in [5.41, 5.74) is 1.09. The topological polar surface area (TPSA) is 58.4 Å². The molecule has 1 unspecified atom stereocenters. The molecular formula is C19H29IN4OS. The Bertz CT molecular complexity index is 727. The van der Waals surface area contributed by atoms with E-state index in [1.54, 1.807) is 24.5 Å². The minimum Gasteiger partial charge on any atom is -0.356 e. The number of nitrogens with zero attached hydrogens (tertiary/aromatic N) is 2. The molecule has 0 spiro atoms. The average molecular weight is 488 g/mol. The van der Waals surface area contributed by atoms with E-state index in [-0.39, 0.29) is 29.5 Å². The van der Waals surface area contributed by atoms with Crippen LogP contribution >= 0.6 is 35.3 Å². The number of aromatic nitrogens is 1. The molecule has 2 rings (SSSR count). The van der Waals surface area contributed by atoms with Crippen LogP contribution in [0.3, 0.4) is 0 Å². The zero-order valence-electron chi connectivity index (χ0n) is 15.7. The van der Waals surface area contributed by atoms with Crippen LogP contribution in [0.4, 0.5) is 0 Å². The van der Waals surface area contributed by atoms with Crippen LogP contribution < -0.4 is 16.2 Å². The van der Waals surface area contributed by atoms with Gasteiger partial charge in [0.05, 0.1) is 0 Å². The first-order valence-corrected chi connectivity index (χ1v) is 9.64. The molecule has 2 heterocycles. The smallest absolute Gasteiger partial charge is 0.250 e. The van der Waals surface area contributed by atoms with E-state index < -0.39 is 0 Å². The minimum atomic E-state index is 0. The highest BCUT2D eigenvalue weighted by Gasteiger charge is 2.07. The molecule has 0 fully saturated rings. The lowest BCUT2D eigenvalue weighted by Gasteiger charge is -2.15. The first kappa shape index (κ1) is 22.7. The zero-order valence-corrected chi connectivity index (χ0v) is 18.8. The second-order valence-corrected chi connectivity index (χ2v) is 7.14. The lowest BCUT2D eigenvalue weighted by molar-refractivity contribution is 0.574. The van der Waals surface area contributed by atoms with E-state index in [1.807, 2.05) is 23.6 Å². The van der Waals surface area contributed by atoms with Gasteiger partial charge in [0.15, 0.2) is 5.96 Å². The standard InChI is InChI=1S/C19H28N4OS.HI/c1-15(17-9-7-13-25-17)14-22-19(20-3)21-11-4-5-12-23-16(2)8-6-10-18(23)24;/h6-10,13,15H,4-5,11-12,14H2,1-3H3,(H2,20,21,22);1H. The van der Waals surface area contributed by atoms with Crippen LogP contribution in [0.15, 0.2) is 45.5 Å². The molecule has 2 N–H and O–H groups in total. The molecule has 5 nitrogen and oxygen atoms in total. The summed E-state index contributed by atoms with van der Waals surface area (Å²) in [5.74, 6) is 1.29. The minimum absolute atomic E-state index is 0. The number of thiophene rings is 1. The van der Waals surface area contributed by atoms with Crippen molar-refractivity contribution in [2.45, 2.75) is 39.2 Å². The van der Waals surface area contributed by atoms with Gasteiger partial charge in [0.25, 0.3) is 5.56 Å². The average Bonchev–Trinajstić information content (AvgIpc) is 3.14. The summed E-state index contributed by atoms with van der Waals surface area (Å²) in [4.78, 5) is 17.5. The number of rotatable bonds is 8. The SMILES string of the molecule is CN=C(NCCCCn1c(C)cccc1=O)NCC(C)c1cccs1.I. The summed E-state index contributed by atoms with van der Waals surface area (Å²) in [5, 5.41) is 8.82. The van der Waals surface area contributed by atoms with Crippen molar-refractivity contribution in [2.24, 2.45) is 4.99 Å². The number of nitrogens with one attached hydrogen (secondary N) is 2. The molecule has 2 aromatic rings. The Balaban J connectivity index is 0.00000338. The summed E-state index contributed by atoms with van der Waals surface area (Å²) < 4.78 is 1.83. The van der Waals surface area contributed by atoms with E-state index in [9.17, 15) is 4.79 Å². The Morgan fingerprint density at radius 1 is 1.23 bits per heavy atom. The monoisotopic (exact) mass is 488 g/mol. The van der Waals surface area contributed by atoms with Gasteiger partial charge in [0, 0.05) is 49.2 Å². The number of pyridine rings is 1. The first-order valence-electron chi connectivity index (χ1n) is 8.76. The lowest BCUT2D eigenvalue weighted by Crippen LogP contribution is -2.39. The number of aliphatic imine (C=N–C) groups is 1. The van der Waals surface area contributed by atoms with Gasteiger partial charge in [-0.3, -0.25) is 9.79 Å². The van der Waals surface area contributed by atoms with Gasteiger partial charge >= 0.3 is 0 Å². The summed E-state index contributed by atoms with van der Waals surface area (Å²) >= 11 is 1.79. The van der Waals surface area contributed by atoms with Crippen molar-refractivity contribution in [1.82, 2.24) is 15.2 Å². The molecule has 144 valence electrons. The van der Waals surface area contributed by atoms with Crippen molar-refractivity contribution >= 4 is 41.3 Å². The number of halogens is 1.